The van der Waals surface area contributed by atoms with Crippen molar-refractivity contribution in [2.45, 2.75) is 30.3 Å². The summed E-state index contributed by atoms with van der Waals surface area (Å²) in [6.07, 6.45) is 5.34. The molecule has 0 atom stereocenters. The maximum atomic E-state index is 12.0. The lowest BCUT2D eigenvalue weighted by atomic mass is 10.0. The lowest BCUT2D eigenvalue weighted by Gasteiger charge is -2.33. The van der Waals surface area contributed by atoms with Crippen LogP contribution in [-0.2, 0) is 6.54 Å². The van der Waals surface area contributed by atoms with Crippen LogP contribution in [0.3, 0.4) is 0 Å². The molecular weight excluding hydrogens is 570 g/mol. The van der Waals surface area contributed by atoms with E-state index in [0.29, 0.717) is 22.2 Å². The summed E-state index contributed by atoms with van der Waals surface area (Å²) in [6, 6.07) is 26.6. The van der Waals surface area contributed by atoms with E-state index in [1.807, 2.05) is 48.7 Å². The van der Waals surface area contributed by atoms with E-state index in [2.05, 4.69) is 56.2 Å². The van der Waals surface area contributed by atoms with Crippen molar-refractivity contribution in [1.82, 2.24) is 24.4 Å². The summed E-state index contributed by atoms with van der Waals surface area (Å²) in [7, 11) is 0. The summed E-state index contributed by atoms with van der Waals surface area (Å²) in [5.74, 6) is 1.10. The molecule has 0 saturated carbocycles. The third-order valence-corrected chi connectivity index (χ3v) is 9.06. The van der Waals surface area contributed by atoms with Gasteiger partial charge in [-0.1, -0.05) is 42.5 Å². The number of imidazole rings is 1. The number of nitrogens with zero attached hydrogens (tertiary/aromatic N) is 5. The number of nitrogen functional groups attached to an aromatic ring is 1. The van der Waals surface area contributed by atoms with Gasteiger partial charge in [0.15, 0.2) is 11.5 Å². The average Bonchev–Trinajstić information content (AvgIpc) is 3.44. The highest BCUT2D eigenvalue weighted by Crippen LogP contribution is 2.32. The van der Waals surface area contributed by atoms with Crippen molar-refractivity contribution in [3.8, 4) is 28.3 Å². The van der Waals surface area contributed by atoms with E-state index in [1.165, 1.54) is 17.3 Å². The Morgan fingerprint density at radius 2 is 1.68 bits per heavy atom. The van der Waals surface area contributed by atoms with E-state index >= 15 is 0 Å². The first-order chi connectivity index (χ1) is 21.5. The van der Waals surface area contributed by atoms with Gasteiger partial charge in [0.25, 0.3) is 5.43 Å². The van der Waals surface area contributed by atoms with Crippen LogP contribution in [0, 0.1) is 0 Å². The first-order valence-electron chi connectivity index (χ1n) is 14.6. The number of benzene rings is 2. The van der Waals surface area contributed by atoms with Gasteiger partial charge in [-0.05, 0) is 61.1 Å². The molecule has 0 amide bonds. The molecule has 3 N–H and O–H groups in total. The number of rotatable bonds is 8. The molecule has 0 unspecified atom stereocenters. The zero-order valence-corrected chi connectivity index (χ0v) is 25.1. The van der Waals surface area contributed by atoms with Crippen molar-refractivity contribution >= 4 is 34.4 Å². The SMILES string of the molecule is CSc1c(NC2CCN(Cc3ccc(-n4c(-c5cccnc5N)nc5ccc(-c6ccccc6)nc54)cc3)CC2)c(=O)c1=O. The number of fused-ring (bicyclic) bond motifs is 1. The van der Waals surface area contributed by atoms with Crippen LogP contribution in [0.1, 0.15) is 18.4 Å². The molecule has 9 nitrogen and oxygen atoms in total. The molecule has 3 aromatic carbocycles. The molecular formula is C34H31N7O2S. The predicted octanol–water partition coefficient (Wildman–Crippen LogP) is 5.13. The van der Waals surface area contributed by atoms with Gasteiger partial charge >= 0.3 is 0 Å². The van der Waals surface area contributed by atoms with Gasteiger partial charge < -0.3 is 11.1 Å². The second-order valence-electron chi connectivity index (χ2n) is 11.0. The molecule has 1 aliphatic heterocycles. The Labute approximate surface area is 258 Å². The van der Waals surface area contributed by atoms with Gasteiger partial charge in [0.2, 0.25) is 5.43 Å². The highest BCUT2D eigenvalue weighted by molar-refractivity contribution is 7.98. The highest BCUT2D eigenvalue weighted by atomic mass is 32.2. The van der Waals surface area contributed by atoms with Gasteiger partial charge in [0.05, 0.1) is 16.2 Å². The Morgan fingerprint density at radius 1 is 0.909 bits per heavy atom. The van der Waals surface area contributed by atoms with Gasteiger partial charge in [-0.2, -0.15) is 0 Å². The number of aromatic nitrogens is 4. The fraction of sp³-hybridized carbons (Fsp3) is 0.206. The number of anilines is 2. The number of nitrogens with one attached hydrogen (secondary N) is 1. The second-order valence-corrected chi connectivity index (χ2v) is 11.9. The Bertz CT molecular complexity index is 2020. The lowest BCUT2D eigenvalue weighted by Crippen LogP contribution is -2.43. The van der Waals surface area contributed by atoms with Crippen LogP contribution in [-0.4, -0.2) is 49.8 Å². The van der Waals surface area contributed by atoms with E-state index in [4.69, 9.17) is 15.7 Å². The summed E-state index contributed by atoms with van der Waals surface area (Å²) in [4.78, 5) is 41.0. The summed E-state index contributed by atoms with van der Waals surface area (Å²) in [5, 5.41) is 3.33. The largest absolute Gasteiger partial charge is 0.383 e. The minimum atomic E-state index is -0.386. The number of nitrogens with two attached hydrogens (primary N) is 1. The normalized spacial score (nSPS) is 14.4. The second kappa shape index (κ2) is 11.7. The van der Waals surface area contributed by atoms with E-state index in [0.717, 1.165) is 66.1 Å². The van der Waals surface area contributed by atoms with Gasteiger partial charge in [0.1, 0.15) is 17.0 Å². The predicted molar refractivity (Wildman–Crippen MR) is 177 cm³/mol. The average molecular weight is 602 g/mol. The van der Waals surface area contributed by atoms with Crippen molar-refractivity contribution in [3.05, 3.63) is 111 Å². The topological polar surface area (TPSA) is 119 Å². The molecule has 1 fully saturated rings. The quantitative estimate of drug-likeness (QED) is 0.181. The standard InChI is InChI=1S/C34H31N7O2S/c1-44-31-28(29(42)30(31)43)37-23-15-18-40(19-16-23)20-21-9-11-24(12-10-21)41-33(25-8-5-17-36-32(25)35)39-27-14-13-26(38-34(27)41)22-6-3-2-4-7-22/h2-14,17,23,37H,15-16,18-20H2,1H3,(H2,35,36). The van der Waals surface area contributed by atoms with Crippen LogP contribution >= 0.6 is 11.8 Å². The van der Waals surface area contributed by atoms with Gasteiger partial charge in [-0.15, -0.1) is 11.8 Å². The number of piperidine rings is 1. The van der Waals surface area contributed by atoms with Gasteiger partial charge in [-0.25, -0.2) is 15.0 Å². The molecule has 44 heavy (non-hydrogen) atoms. The van der Waals surface area contributed by atoms with Crippen molar-refractivity contribution in [3.63, 3.8) is 0 Å². The van der Waals surface area contributed by atoms with E-state index in [-0.39, 0.29) is 16.9 Å². The Balaban J connectivity index is 1.13. The highest BCUT2D eigenvalue weighted by Gasteiger charge is 2.25. The van der Waals surface area contributed by atoms with Crippen molar-refractivity contribution in [2.24, 2.45) is 0 Å². The summed E-state index contributed by atoms with van der Waals surface area (Å²) < 4.78 is 2.06. The van der Waals surface area contributed by atoms with E-state index in [1.54, 1.807) is 6.20 Å². The molecule has 1 aliphatic rings. The molecule has 3 aromatic heterocycles. The number of hydrogen-bond donors (Lipinski definition) is 2. The van der Waals surface area contributed by atoms with Crippen LogP contribution in [0.4, 0.5) is 11.5 Å². The van der Waals surface area contributed by atoms with Crippen LogP contribution in [0.2, 0.25) is 0 Å². The monoisotopic (exact) mass is 601 g/mol. The van der Waals surface area contributed by atoms with Crippen molar-refractivity contribution in [2.75, 3.05) is 30.4 Å². The first kappa shape index (κ1) is 28.0. The maximum absolute atomic E-state index is 12.0. The summed E-state index contributed by atoms with van der Waals surface area (Å²) in [5.41, 5.74) is 12.4. The number of thioether (sulfide) groups is 1. The van der Waals surface area contributed by atoms with Crippen molar-refractivity contribution in [1.29, 1.82) is 0 Å². The smallest absolute Gasteiger partial charge is 0.251 e. The Kier molecular flexibility index (Phi) is 7.45. The van der Waals surface area contributed by atoms with Crippen LogP contribution in [0.15, 0.2) is 99.5 Å². The Morgan fingerprint density at radius 3 is 2.41 bits per heavy atom. The molecule has 7 rings (SSSR count). The lowest BCUT2D eigenvalue weighted by molar-refractivity contribution is 0.211. The molecule has 0 bridgehead atoms. The first-order valence-corrected chi connectivity index (χ1v) is 15.8. The maximum Gasteiger partial charge on any atom is 0.251 e. The summed E-state index contributed by atoms with van der Waals surface area (Å²) >= 11 is 1.34. The van der Waals surface area contributed by atoms with E-state index in [9.17, 15) is 9.59 Å². The van der Waals surface area contributed by atoms with Crippen LogP contribution in [0.5, 0.6) is 0 Å². The van der Waals surface area contributed by atoms with Crippen molar-refractivity contribution < 1.29 is 0 Å². The fourth-order valence-electron chi connectivity index (χ4n) is 5.90. The molecule has 1 saturated heterocycles. The van der Waals surface area contributed by atoms with Crippen LogP contribution < -0.4 is 21.9 Å². The van der Waals surface area contributed by atoms with E-state index < -0.39 is 0 Å². The van der Waals surface area contributed by atoms with Gasteiger partial charge in [-0.3, -0.25) is 19.1 Å². The third kappa shape index (κ3) is 5.16. The fourth-order valence-corrected chi connectivity index (χ4v) is 6.54. The minimum absolute atomic E-state index is 0.198. The molecule has 10 heteroatoms. The molecule has 6 aromatic rings. The minimum Gasteiger partial charge on any atom is -0.383 e. The molecule has 4 heterocycles. The third-order valence-electron chi connectivity index (χ3n) is 8.26. The molecule has 220 valence electrons. The summed E-state index contributed by atoms with van der Waals surface area (Å²) in [6.45, 7) is 2.64. The number of hydrogen-bond acceptors (Lipinski definition) is 9. The zero-order chi connectivity index (χ0) is 30.2. The van der Waals surface area contributed by atoms with Crippen LogP contribution in [0.25, 0.3) is 39.5 Å². The molecule has 0 radical (unpaired) electrons. The molecule has 0 aliphatic carbocycles. The number of likely N-dealkylation sites (tertiary alicyclic amines) is 1. The number of pyridine rings is 2. The molecule has 0 spiro atoms. The van der Waals surface area contributed by atoms with Gasteiger partial charge in [0, 0.05) is 43.1 Å². The zero-order valence-electron chi connectivity index (χ0n) is 24.2. The Hall–Kier alpha value is -4.80.